The lowest BCUT2D eigenvalue weighted by atomic mass is 10.0. The third kappa shape index (κ3) is 3.38. The maximum Gasteiger partial charge on any atom is 0.262 e. The van der Waals surface area contributed by atoms with Crippen LogP contribution in [0, 0.1) is 0 Å². The van der Waals surface area contributed by atoms with Crippen LogP contribution >= 0.6 is 0 Å². The molecular formula is C21H22N2O3. The molecule has 0 saturated heterocycles. The molecule has 5 heteroatoms. The van der Waals surface area contributed by atoms with Crippen molar-refractivity contribution in [2.75, 3.05) is 0 Å². The second kappa shape index (κ2) is 7.52. The van der Waals surface area contributed by atoms with Crippen molar-refractivity contribution in [1.82, 2.24) is 10.2 Å². The summed E-state index contributed by atoms with van der Waals surface area (Å²) in [5.41, 5.74) is 1.60. The Balaban J connectivity index is 1.94. The van der Waals surface area contributed by atoms with Gasteiger partial charge in [0.2, 0.25) is 5.91 Å². The molecule has 3 rings (SSSR count). The molecule has 2 aromatic carbocycles. The standard InChI is InChI=1S/C21H22N2O3/c1-3-14(2)22-19(24)18(13-15-9-5-4-6-10-15)23-20(25)16-11-7-8-12-17(16)21(23)26/h4-12,14,18H,3,13H2,1-2H3,(H,22,24)/t14-,18+/m0/s1. The molecule has 0 fully saturated rings. The molecule has 1 aliphatic rings. The number of amides is 3. The molecule has 0 radical (unpaired) electrons. The maximum atomic E-state index is 12.9. The minimum absolute atomic E-state index is 0.0315. The highest BCUT2D eigenvalue weighted by atomic mass is 16.2. The van der Waals surface area contributed by atoms with E-state index in [1.54, 1.807) is 24.3 Å². The van der Waals surface area contributed by atoms with E-state index >= 15 is 0 Å². The number of nitrogens with one attached hydrogen (secondary N) is 1. The third-order valence-corrected chi connectivity index (χ3v) is 4.71. The molecule has 0 spiro atoms. The van der Waals surface area contributed by atoms with Crippen LogP contribution in [0.2, 0.25) is 0 Å². The van der Waals surface area contributed by atoms with E-state index in [4.69, 9.17) is 0 Å². The van der Waals surface area contributed by atoms with Gasteiger partial charge in [0.15, 0.2) is 0 Å². The number of carbonyl (C=O) groups is 3. The molecule has 3 amide bonds. The Morgan fingerprint density at radius 3 is 2.04 bits per heavy atom. The lowest BCUT2D eigenvalue weighted by Gasteiger charge is -2.27. The summed E-state index contributed by atoms with van der Waals surface area (Å²) < 4.78 is 0. The first-order chi connectivity index (χ1) is 12.5. The SMILES string of the molecule is CC[C@H](C)NC(=O)[C@@H](Cc1ccccc1)N1C(=O)c2ccccc2C1=O. The fraction of sp³-hybridized carbons (Fsp3) is 0.286. The van der Waals surface area contributed by atoms with Crippen LogP contribution in [0.3, 0.4) is 0 Å². The largest absolute Gasteiger partial charge is 0.352 e. The number of fused-ring (bicyclic) bond motifs is 1. The molecule has 0 bridgehead atoms. The Hall–Kier alpha value is -2.95. The van der Waals surface area contributed by atoms with Crippen molar-refractivity contribution in [2.24, 2.45) is 0 Å². The smallest absolute Gasteiger partial charge is 0.262 e. The molecule has 26 heavy (non-hydrogen) atoms. The van der Waals surface area contributed by atoms with Crippen molar-refractivity contribution in [2.45, 2.75) is 38.8 Å². The van der Waals surface area contributed by atoms with Crippen LogP contribution in [-0.2, 0) is 11.2 Å². The van der Waals surface area contributed by atoms with Crippen LogP contribution in [0.1, 0.15) is 46.5 Å². The molecule has 0 unspecified atom stereocenters. The quantitative estimate of drug-likeness (QED) is 0.815. The third-order valence-electron chi connectivity index (χ3n) is 4.71. The first kappa shape index (κ1) is 17.9. The monoisotopic (exact) mass is 350 g/mol. The van der Waals surface area contributed by atoms with Crippen LogP contribution in [0.5, 0.6) is 0 Å². The van der Waals surface area contributed by atoms with E-state index in [2.05, 4.69) is 5.32 Å². The van der Waals surface area contributed by atoms with Gasteiger partial charge in [0, 0.05) is 12.5 Å². The first-order valence-corrected chi connectivity index (χ1v) is 8.84. The molecule has 1 heterocycles. The van der Waals surface area contributed by atoms with E-state index < -0.39 is 17.9 Å². The highest BCUT2D eigenvalue weighted by Crippen LogP contribution is 2.26. The first-order valence-electron chi connectivity index (χ1n) is 8.84. The molecule has 5 nitrogen and oxygen atoms in total. The fourth-order valence-corrected chi connectivity index (χ4v) is 3.07. The van der Waals surface area contributed by atoms with E-state index in [0.29, 0.717) is 11.1 Å². The Labute approximate surface area is 153 Å². The van der Waals surface area contributed by atoms with Crippen LogP contribution in [0.15, 0.2) is 54.6 Å². The summed E-state index contributed by atoms with van der Waals surface area (Å²) in [5.74, 6) is -1.13. The van der Waals surface area contributed by atoms with Gasteiger partial charge in [0.1, 0.15) is 6.04 Å². The van der Waals surface area contributed by atoms with Crippen LogP contribution in [-0.4, -0.2) is 34.7 Å². The van der Waals surface area contributed by atoms with E-state index in [1.165, 1.54) is 0 Å². The molecule has 1 aliphatic heterocycles. The van der Waals surface area contributed by atoms with Crippen molar-refractivity contribution >= 4 is 17.7 Å². The van der Waals surface area contributed by atoms with Gasteiger partial charge in [-0.1, -0.05) is 49.4 Å². The predicted molar refractivity (Wildman–Crippen MR) is 98.8 cm³/mol. The van der Waals surface area contributed by atoms with Crippen molar-refractivity contribution in [3.8, 4) is 0 Å². The predicted octanol–water partition coefficient (Wildman–Crippen LogP) is 2.81. The number of imide groups is 1. The summed E-state index contributed by atoms with van der Waals surface area (Å²) in [6.45, 7) is 3.87. The van der Waals surface area contributed by atoms with Gasteiger partial charge in [-0.05, 0) is 31.0 Å². The molecule has 2 atom stereocenters. The van der Waals surface area contributed by atoms with Gasteiger partial charge in [-0.2, -0.15) is 0 Å². The zero-order valence-electron chi connectivity index (χ0n) is 14.9. The Bertz CT molecular complexity index is 797. The minimum Gasteiger partial charge on any atom is -0.352 e. The summed E-state index contributed by atoms with van der Waals surface area (Å²) in [6, 6.07) is 15.2. The highest BCUT2D eigenvalue weighted by Gasteiger charge is 2.42. The lowest BCUT2D eigenvalue weighted by Crippen LogP contribution is -2.52. The number of hydrogen-bond acceptors (Lipinski definition) is 3. The Morgan fingerprint density at radius 1 is 0.962 bits per heavy atom. The molecule has 2 aromatic rings. The average molecular weight is 350 g/mol. The van der Waals surface area contributed by atoms with Crippen LogP contribution in [0.25, 0.3) is 0 Å². The summed E-state index contributed by atoms with van der Waals surface area (Å²) in [5, 5.41) is 2.91. The van der Waals surface area contributed by atoms with Gasteiger partial charge in [-0.15, -0.1) is 0 Å². The van der Waals surface area contributed by atoms with Gasteiger partial charge in [0.05, 0.1) is 11.1 Å². The topological polar surface area (TPSA) is 66.5 Å². The highest BCUT2D eigenvalue weighted by molar-refractivity contribution is 6.22. The molecule has 1 N–H and O–H groups in total. The Morgan fingerprint density at radius 2 is 1.50 bits per heavy atom. The minimum atomic E-state index is -0.876. The lowest BCUT2D eigenvalue weighted by molar-refractivity contribution is -0.125. The molecule has 134 valence electrons. The van der Waals surface area contributed by atoms with Gasteiger partial charge in [-0.25, -0.2) is 0 Å². The number of hydrogen-bond donors (Lipinski definition) is 1. The van der Waals surface area contributed by atoms with Crippen molar-refractivity contribution in [1.29, 1.82) is 0 Å². The van der Waals surface area contributed by atoms with Crippen molar-refractivity contribution < 1.29 is 14.4 Å². The number of benzene rings is 2. The van der Waals surface area contributed by atoms with Crippen LogP contribution in [0.4, 0.5) is 0 Å². The van der Waals surface area contributed by atoms with Gasteiger partial charge in [0.25, 0.3) is 11.8 Å². The maximum absolute atomic E-state index is 12.9. The molecular weight excluding hydrogens is 328 g/mol. The van der Waals surface area contributed by atoms with E-state index in [0.717, 1.165) is 16.9 Å². The van der Waals surface area contributed by atoms with E-state index in [9.17, 15) is 14.4 Å². The zero-order chi connectivity index (χ0) is 18.7. The van der Waals surface area contributed by atoms with Crippen LogP contribution < -0.4 is 5.32 Å². The second-order valence-electron chi connectivity index (χ2n) is 6.55. The average Bonchev–Trinajstić information content (AvgIpc) is 2.91. The van der Waals surface area contributed by atoms with E-state index in [1.807, 2.05) is 44.2 Å². The van der Waals surface area contributed by atoms with Crippen molar-refractivity contribution in [3.63, 3.8) is 0 Å². The van der Waals surface area contributed by atoms with E-state index in [-0.39, 0.29) is 18.4 Å². The summed E-state index contributed by atoms with van der Waals surface area (Å²) >= 11 is 0. The van der Waals surface area contributed by atoms with Gasteiger partial charge >= 0.3 is 0 Å². The van der Waals surface area contributed by atoms with Gasteiger partial charge in [-0.3, -0.25) is 19.3 Å². The van der Waals surface area contributed by atoms with Gasteiger partial charge < -0.3 is 5.32 Å². The summed E-state index contributed by atoms with van der Waals surface area (Å²) in [6.07, 6.45) is 1.06. The fourth-order valence-electron chi connectivity index (χ4n) is 3.07. The molecule has 0 aliphatic carbocycles. The number of rotatable bonds is 6. The molecule has 0 saturated carbocycles. The molecule has 0 aromatic heterocycles. The second-order valence-corrected chi connectivity index (χ2v) is 6.55. The number of nitrogens with zero attached hydrogens (tertiary/aromatic N) is 1. The summed E-state index contributed by atoms with van der Waals surface area (Å²) in [7, 11) is 0. The normalized spacial score (nSPS) is 15.5. The number of carbonyl (C=O) groups excluding carboxylic acids is 3. The Kier molecular flexibility index (Phi) is 5.16. The van der Waals surface area contributed by atoms with Crippen molar-refractivity contribution in [3.05, 3.63) is 71.3 Å². The summed E-state index contributed by atoms with van der Waals surface area (Å²) in [4.78, 5) is 39.6. The zero-order valence-corrected chi connectivity index (χ0v) is 14.9.